The van der Waals surface area contributed by atoms with Crippen LogP contribution in [-0.2, 0) is 12.8 Å². The number of benzene rings is 1. The molecule has 2 aromatic heterocycles. The molecular weight excluding hydrogens is 394 g/mol. The Labute approximate surface area is 191 Å². The van der Waals surface area contributed by atoms with Gasteiger partial charge in [-0.15, -0.1) is 0 Å². The molecule has 0 radical (unpaired) electrons. The van der Waals surface area contributed by atoms with Crippen molar-refractivity contribution < 1.29 is 0 Å². The van der Waals surface area contributed by atoms with Crippen LogP contribution in [0.2, 0.25) is 0 Å². The standard InChI is InChI=1S/C27H37N5/c1-2-3-18-32(24-12-6-8-20-9-7-17-29-26(20)24)27(15-13-21(28)14-16-27)19-25-30-22-10-4-5-11-23(22)31-25/h4-5,7,9-11,17,21,24H,2-3,6,8,12-16,18-19,28H2,1H3,(H,30,31). The van der Waals surface area contributed by atoms with E-state index in [0.717, 1.165) is 61.9 Å². The third kappa shape index (κ3) is 4.20. The van der Waals surface area contributed by atoms with Crippen LogP contribution in [0.4, 0.5) is 0 Å². The molecule has 3 N–H and O–H groups in total. The van der Waals surface area contributed by atoms with Crippen molar-refractivity contribution in [1.82, 2.24) is 19.9 Å². The zero-order chi connectivity index (χ0) is 22.0. The van der Waals surface area contributed by atoms with E-state index in [1.807, 2.05) is 6.20 Å². The van der Waals surface area contributed by atoms with Crippen molar-refractivity contribution in [2.75, 3.05) is 6.54 Å². The smallest absolute Gasteiger partial charge is 0.109 e. The Kier molecular flexibility index (Phi) is 6.29. The zero-order valence-corrected chi connectivity index (χ0v) is 19.4. The van der Waals surface area contributed by atoms with Crippen LogP contribution in [0.25, 0.3) is 11.0 Å². The Balaban J connectivity index is 1.54. The van der Waals surface area contributed by atoms with Crippen LogP contribution in [0.3, 0.4) is 0 Å². The van der Waals surface area contributed by atoms with Crippen molar-refractivity contribution in [3.63, 3.8) is 0 Å². The second kappa shape index (κ2) is 9.32. The number of nitrogens with two attached hydrogens (primary N) is 1. The van der Waals surface area contributed by atoms with Gasteiger partial charge in [-0.1, -0.05) is 31.5 Å². The number of hydrogen-bond donors (Lipinski definition) is 2. The van der Waals surface area contributed by atoms with Gasteiger partial charge in [0.25, 0.3) is 0 Å². The molecule has 0 bridgehead atoms. The highest BCUT2D eigenvalue weighted by atomic mass is 15.2. The lowest BCUT2D eigenvalue weighted by Gasteiger charge is -2.51. The predicted octanol–water partition coefficient (Wildman–Crippen LogP) is 5.32. The number of para-hydroxylation sites is 2. The van der Waals surface area contributed by atoms with Crippen molar-refractivity contribution in [2.45, 2.75) is 88.8 Å². The first-order chi connectivity index (χ1) is 15.7. The van der Waals surface area contributed by atoms with Crippen LogP contribution in [-0.4, -0.2) is 38.0 Å². The van der Waals surface area contributed by atoms with E-state index >= 15 is 0 Å². The van der Waals surface area contributed by atoms with Crippen molar-refractivity contribution in [3.05, 3.63) is 59.7 Å². The van der Waals surface area contributed by atoms with Crippen LogP contribution in [0.1, 0.15) is 81.4 Å². The molecule has 2 heterocycles. The number of rotatable bonds is 7. The number of pyridine rings is 1. The molecule has 0 aliphatic heterocycles. The lowest BCUT2D eigenvalue weighted by Crippen LogP contribution is -2.56. The Hall–Kier alpha value is -2.24. The van der Waals surface area contributed by atoms with Crippen LogP contribution in [0, 0.1) is 0 Å². The number of fused-ring (bicyclic) bond motifs is 2. The first-order valence-electron chi connectivity index (χ1n) is 12.6. The Bertz CT molecular complexity index is 1000. The molecule has 0 saturated heterocycles. The van der Waals surface area contributed by atoms with Gasteiger partial charge in [-0.3, -0.25) is 9.88 Å². The van der Waals surface area contributed by atoms with E-state index in [4.69, 9.17) is 15.7 Å². The molecule has 5 nitrogen and oxygen atoms in total. The predicted molar refractivity (Wildman–Crippen MR) is 131 cm³/mol. The molecule has 1 unspecified atom stereocenters. The maximum atomic E-state index is 6.41. The fraction of sp³-hybridized carbons (Fsp3) is 0.556. The van der Waals surface area contributed by atoms with Gasteiger partial charge in [-0.2, -0.15) is 0 Å². The van der Waals surface area contributed by atoms with E-state index < -0.39 is 0 Å². The van der Waals surface area contributed by atoms with E-state index in [2.05, 4.69) is 53.2 Å². The van der Waals surface area contributed by atoms with Crippen LogP contribution < -0.4 is 5.73 Å². The average molecular weight is 432 g/mol. The summed E-state index contributed by atoms with van der Waals surface area (Å²) in [6.45, 7) is 3.42. The Morgan fingerprint density at radius 1 is 1.12 bits per heavy atom. The molecule has 2 aliphatic carbocycles. The number of nitrogens with zero attached hydrogens (tertiary/aromatic N) is 3. The average Bonchev–Trinajstić information content (AvgIpc) is 3.23. The second-order valence-corrected chi connectivity index (χ2v) is 9.94. The normalized spacial score (nSPS) is 25.8. The molecular formula is C27H37N5. The largest absolute Gasteiger partial charge is 0.342 e. The summed E-state index contributed by atoms with van der Waals surface area (Å²) < 4.78 is 0. The number of aromatic amines is 1. The van der Waals surface area contributed by atoms with Gasteiger partial charge in [-0.25, -0.2) is 4.98 Å². The van der Waals surface area contributed by atoms with Gasteiger partial charge in [0, 0.05) is 24.2 Å². The van der Waals surface area contributed by atoms with E-state index in [-0.39, 0.29) is 5.54 Å². The summed E-state index contributed by atoms with van der Waals surface area (Å²) in [7, 11) is 0. The first-order valence-corrected chi connectivity index (χ1v) is 12.6. The summed E-state index contributed by atoms with van der Waals surface area (Å²) in [4.78, 5) is 16.4. The summed E-state index contributed by atoms with van der Waals surface area (Å²) in [5, 5.41) is 0. The maximum Gasteiger partial charge on any atom is 0.109 e. The molecule has 0 amide bonds. The molecule has 1 atom stereocenters. The number of aryl methyl sites for hydroxylation is 1. The second-order valence-electron chi connectivity index (χ2n) is 9.94. The fourth-order valence-electron chi connectivity index (χ4n) is 6.08. The molecule has 1 fully saturated rings. The number of H-pyrrole nitrogens is 1. The van der Waals surface area contributed by atoms with E-state index in [0.29, 0.717) is 12.1 Å². The number of aromatic nitrogens is 3. The van der Waals surface area contributed by atoms with Crippen LogP contribution >= 0.6 is 0 Å². The van der Waals surface area contributed by atoms with E-state index in [1.54, 1.807) is 0 Å². The van der Waals surface area contributed by atoms with Crippen molar-refractivity contribution in [2.24, 2.45) is 5.73 Å². The third-order valence-corrected chi connectivity index (χ3v) is 7.80. The van der Waals surface area contributed by atoms with Crippen molar-refractivity contribution >= 4 is 11.0 Å². The van der Waals surface area contributed by atoms with Gasteiger partial charge < -0.3 is 10.7 Å². The molecule has 1 saturated carbocycles. The zero-order valence-electron chi connectivity index (χ0n) is 19.4. The van der Waals surface area contributed by atoms with Gasteiger partial charge in [0.05, 0.1) is 22.8 Å². The highest BCUT2D eigenvalue weighted by Crippen LogP contribution is 2.44. The maximum absolute atomic E-state index is 6.41. The topological polar surface area (TPSA) is 70.8 Å². The van der Waals surface area contributed by atoms with Gasteiger partial charge in [0.15, 0.2) is 0 Å². The Morgan fingerprint density at radius 2 is 1.97 bits per heavy atom. The SMILES string of the molecule is CCCCN(C1CCCc2cccnc21)C1(Cc2nc3ccccc3[nH]2)CCC(N)CC1. The fourth-order valence-corrected chi connectivity index (χ4v) is 6.08. The van der Waals surface area contributed by atoms with Crippen LogP contribution in [0.5, 0.6) is 0 Å². The van der Waals surface area contributed by atoms with Gasteiger partial charge in [-0.05, 0) is 81.7 Å². The molecule has 32 heavy (non-hydrogen) atoms. The molecule has 0 spiro atoms. The highest BCUT2D eigenvalue weighted by Gasteiger charge is 2.44. The molecule has 1 aromatic carbocycles. The van der Waals surface area contributed by atoms with E-state index in [1.165, 1.54) is 36.9 Å². The summed E-state index contributed by atoms with van der Waals surface area (Å²) in [6, 6.07) is 13.5. The Morgan fingerprint density at radius 3 is 2.78 bits per heavy atom. The van der Waals surface area contributed by atoms with Gasteiger partial charge in [0.1, 0.15) is 5.82 Å². The quantitative estimate of drug-likeness (QED) is 0.531. The van der Waals surface area contributed by atoms with Gasteiger partial charge >= 0.3 is 0 Å². The summed E-state index contributed by atoms with van der Waals surface area (Å²) in [6.07, 6.45) is 13.4. The lowest BCUT2D eigenvalue weighted by atomic mass is 9.74. The molecule has 3 aromatic rings. The highest BCUT2D eigenvalue weighted by molar-refractivity contribution is 5.74. The summed E-state index contributed by atoms with van der Waals surface area (Å²) >= 11 is 0. The minimum Gasteiger partial charge on any atom is -0.342 e. The number of nitrogens with one attached hydrogen (secondary N) is 1. The van der Waals surface area contributed by atoms with Crippen molar-refractivity contribution in [3.8, 4) is 0 Å². The minimum atomic E-state index is 0.0791. The van der Waals surface area contributed by atoms with E-state index in [9.17, 15) is 0 Å². The molecule has 5 heteroatoms. The summed E-state index contributed by atoms with van der Waals surface area (Å²) in [5.41, 5.74) is 11.4. The van der Waals surface area contributed by atoms with Crippen molar-refractivity contribution in [1.29, 1.82) is 0 Å². The number of unbranched alkanes of at least 4 members (excludes halogenated alkanes) is 1. The lowest BCUT2D eigenvalue weighted by molar-refractivity contribution is -0.00263. The first kappa shape index (κ1) is 21.6. The number of imidazole rings is 1. The number of hydrogen-bond acceptors (Lipinski definition) is 4. The molecule has 2 aliphatic rings. The molecule has 170 valence electrons. The van der Waals surface area contributed by atoms with Gasteiger partial charge in [0.2, 0.25) is 0 Å². The third-order valence-electron chi connectivity index (χ3n) is 7.80. The monoisotopic (exact) mass is 431 g/mol. The molecule has 5 rings (SSSR count). The minimum absolute atomic E-state index is 0.0791. The summed E-state index contributed by atoms with van der Waals surface area (Å²) in [5.74, 6) is 1.11. The van der Waals surface area contributed by atoms with Crippen LogP contribution in [0.15, 0.2) is 42.6 Å².